The van der Waals surface area contributed by atoms with Gasteiger partial charge >= 0.3 is 0 Å². The molecular weight excluding hydrogens is 488 g/mol. The summed E-state index contributed by atoms with van der Waals surface area (Å²) in [7, 11) is 0. The summed E-state index contributed by atoms with van der Waals surface area (Å²) in [5.74, 6) is 0.162. The van der Waals surface area contributed by atoms with Crippen LogP contribution in [-0.4, -0.2) is 26.3 Å². The second-order valence-corrected chi connectivity index (χ2v) is 5.58. The molecule has 0 saturated heterocycles. The number of aliphatic hydroxyl groups excluding tert-OH is 2. The van der Waals surface area contributed by atoms with Crippen LogP contribution in [0.1, 0.15) is 13.8 Å². The Labute approximate surface area is 152 Å². The van der Waals surface area contributed by atoms with Crippen molar-refractivity contribution in [1.29, 1.82) is 0 Å². The summed E-state index contributed by atoms with van der Waals surface area (Å²) in [5, 5.41) is 20.0. The molecule has 0 spiro atoms. The molecule has 0 aliphatic rings. The van der Waals surface area contributed by atoms with Gasteiger partial charge in [0.2, 0.25) is 0 Å². The zero-order valence-electron chi connectivity index (χ0n) is 12.7. The minimum absolute atomic E-state index is 0. The third-order valence-electron chi connectivity index (χ3n) is 2.71. The number of benzene rings is 1. The van der Waals surface area contributed by atoms with E-state index in [1.54, 1.807) is 24.6 Å². The summed E-state index contributed by atoms with van der Waals surface area (Å²) < 4.78 is 0. The van der Waals surface area contributed by atoms with Crippen LogP contribution >= 0.6 is 11.3 Å². The molecule has 0 amide bonds. The van der Waals surface area contributed by atoms with Crippen LogP contribution in [0.3, 0.4) is 0 Å². The second kappa shape index (κ2) is 9.53. The number of aromatic nitrogens is 2. The van der Waals surface area contributed by atoms with E-state index >= 15 is 0 Å². The minimum atomic E-state index is -0.537. The van der Waals surface area contributed by atoms with Crippen molar-refractivity contribution in [2.45, 2.75) is 20.0 Å². The van der Waals surface area contributed by atoms with Gasteiger partial charge in [-0.2, -0.15) is 0 Å². The fourth-order valence-corrected chi connectivity index (χ4v) is 2.63. The molecule has 1 aromatic carbocycles. The Morgan fingerprint density at radius 1 is 1.30 bits per heavy atom. The molecule has 0 bridgehead atoms. The average molecular weight is 506 g/mol. The van der Waals surface area contributed by atoms with Crippen LogP contribution < -0.4 is 0 Å². The van der Waals surface area contributed by atoms with Gasteiger partial charge in [-0.3, -0.25) is 4.98 Å². The van der Waals surface area contributed by atoms with Crippen molar-refractivity contribution < 1.29 is 30.3 Å². The van der Waals surface area contributed by atoms with Gasteiger partial charge < -0.3 is 10.2 Å². The molecule has 123 valence electrons. The molecule has 2 N–H and O–H groups in total. The monoisotopic (exact) mass is 506 g/mol. The molecule has 2 heterocycles. The van der Waals surface area contributed by atoms with Crippen LogP contribution in [0, 0.1) is 6.07 Å². The zero-order chi connectivity index (χ0) is 15.9. The maximum absolute atomic E-state index is 8.49. The fourth-order valence-electron chi connectivity index (χ4n) is 1.89. The molecule has 0 aliphatic carbocycles. The minimum Gasteiger partial charge on any atom is -0.513 e. The molecule has 1 radical (unpaired) electrons. The van der Waals surface area contributed by atoms with E-state index in [1.165, 1.54) is 13.0 Å². The van der Waals surface area contributed by atoms with Gasteiger partial charge in [0, 0.05) is 20.1 Å². The summed E-state index contributed by atoms with van der Waals surface area (Å²) in [4.78, 5) is 9.56. The first-order valence-corrected chi connectivity index (χ1v) is 7.66. The SMILES string of the molecule is C/C(O)=C/C(C)O.[Ir].[c-]1ccccc1-c1ncnc2sccc12. The second-order valence-electron chi connectivity index (χ2n) is 4.69. The van der Waals surface area contributed by atoms with Crippen molar-refractivity contribution in [2.75, 3.05) is 0 Å². The molecule has 4 nitrogen and oxygen atoms in total. The van der Waals surface area contributed by atoms with E-state index in [-0.39, 0.29) is 25.9 Å². The Bertz CT molecular complexity index is 753. The first-order chi connectivity index (χ1) is 10.6. The Morgan fingerprint density at radius 3 is 2.65 bits per heavy atom. The first kappa shape index (κ1) is 19.5. The van der Waals surface area contributed by atoms with E-state index in [0.717, 1.165) is 21.5 Å². The molecule has 1 unspecified atom stereocenters. The van der Waals surface area contributed by atoms with Gasteiger partial charge in [0.1, 0.15) is 11.2 Å². The van der Waals surface area contributed by atoms with Crippen molar-refractivity contribution in [3.63, 3.8) is 0 Å². The molecule has 2 aromatic heterocycles. The quantitative estimate of drug-likeness (QED) is 0.409. The van der Waals surface area contributed by atoms with E-state index in [2.05, 4.69) is 22.1 Å². The normalized spacial score (nSPS) is 12.0. The number of hydrogen-bond donors (Lipinski definition) is 2. The van der Waals surface area contributed by atoms with E-state index in [1.807, 2.05) is 29.6 Å². The van der Waals surface area contributed by atoms with Crippen LogP contribution in [0.25, 0.3) is 21.5 Å². The molecule has 1 atom stereocenters. The molecule has 3 aromatic rings. The first-order valence-electron chi connectivity index (χ1n) is 6.78. The van der Waals surface area contributed by atoms with Gasteiger partial charge in [-0.15, -0.1) is 47.2 Å². The number of thiophene rings is 1. The Balaban J connectivity index is 0.000000287. The number of aliphatic hydroxyl groups is 2. The molecule has 6 heteroatoms. The van der Waals surface area contributed by atoms with Gasteiger partial charge in [0.25, 0.3) is 0 Å². The summed E-state index contributed by atoms with van der Waals surface area (Å²) in [6.45, 7) is 3.10. The molecule has 3 rings (SSSR count). The van der Waals surface area contributed by atoms with E-state index < -0.39 is 6.10 Å². The van der Waals surface area contributed by atoms with Crippen molar-refractivity contribution in [1.82, 2.24) is 9.97 Å². The smallest absolute Gasteiger partial charge is 0.117 e. The molecule has 23 heavy (non-hydrogen) atoms. The van der Waals surface area contributed by atoms with Gasteiger partial charge in [0.05, 0.1) is 11.9 Å². The van der Waals surface area contributed by atoms with Gasteiger partial charge in [-0.1, -0.05) is 0 Å². The standard InChI is InChI=1S/C12H7N2S.C5H10O2.Ir/c1-2-4-9(5-3-1)11-10-6-7-15-12(10)14-8-13-11;1-4(6)3-5(2)7;/h1-4,6-8H;3-4,6-7H,1-2H3;/q-1;;/b;5-3-;. The van der Waals surface area contributed by atoms with Gasteiger partial charge in [-0.05, 0) is 42.5 Å². The Kier molecular flexibility index (Phi) is 8.06. The van der Waals surface area contributed by atoms with Crippen LogP contribution in [0.5, 0.6) is 0 Å². The third kappa shape index (κ3) is 5.84. The maximum atomic E-state index is 8.49. The summed E-state index contributed by atoms with van der Waals surface area (Å²) >= 11 is 1.63. The van der Waals surface area contributed by atoms with E-state index in [0.29, 0.717) is 0 Å². The van der Waals surface area contributed by atoms with Crippen LogP contribution in [-0.2, 0) is 20.1 Å². The number of rotatable bonds is 2. The van der Waals surface area contributed by atoms with E-state index in [9.17, 15) is 0 Å². The molecule has 0 aliphatic heterocycles. The predicted molar refractivity (Wildman–Crippen MR) is 89.8 cm³/mol. The third-order valence-corrected chi connectivity index (χ3v) is 3.53. The molecule has 0 saturated carbocycles. The average Bonchev–Trinajstić information content (AvgIpc) is 2.95. The Hall–Kier alpha value is -1.59. The van der Waals surface area contributed by atoms with E-state index in [4.69, 9.17) is 10.2 Å². The number of hydrogen-bond acceptors (Lipinski definition) is 5. The maximum Gasteiger partial charge on any atom is 0.117 e. The fraction of sp³-hybridized carbons (Fsp3) is 0.176. The predicted octanol–water partition coefficient (Wildman–Crippen LogP) is 3.98. The van der Waals surface area contributed by atoms with Crippen molar-refractivity contribution in [3.8, 4) is 11.3 Å². The van der Waals surface area contributed by atoms with Crippen LogP contribution in [0.4, 0.5) is 0 Å². The largest absolute Gasteiger partial charge is 0.513 e. The topological polar surface area (TPSA) is 66.2 Å². The van der Waals surface area contributed by atoms with Crippen LogP contribution in [0.15, 0.2) is 53.9 Å². The summed E-state index contributed by atoms with van der Waals surface area (Å²) in [5.41, 5.74) is 1.98. The number of nitrogens with zero attached hydrogens (tertiary/aromatic N) is 2. The number of allylic oxidation sites excluding steroid dienone is 1. The van der Waals surface area contributed by atoms with Gasteiger partial charge in [-0.25, -0.2) is 4.98 Å². The number of fused-ring (bicyclic) bond motifs is 1. The molecular formula is C17H17IrN2O2S-. The van der Waals surface area contributed by atoms with Crippen LogP contribution in [0.2, 0.25) is 0 Å². The summed E-state index contributed by atoms with van der Waals surface area (Å²) in [6.07, 6.45) is 2.43. The van der Waals surface area contributed by atoms with Crippen molar-refractivity contribution in [2.24, 2.45) is 0 Å². The molecule has 0 fully saturated rings. The Morgan fingerprint density at radius 2 is 2.09 bits per heavy atom. The van der Waals surface area contributed by atoms with Gasteiger partial charge in [0.15, 0.2) is 0 Å². The zero-order valence-corrected chi connectivity index (χ0v) is 15.9. The van der Waals surface area contributed by atoms with Crippen molar-refractivity contribution in [3.05, 3.63) is 59.9 Å². The summed E-state index contributed by atoms with van der Waals surface area (Å²) in [6, 6.07) is 13.1. The van der Waals surface area contributed by atoms with Crippen molar-refractivity contribution >= 4 is 21.6 Å².